The summed E-state index contributed by atoms with van der Waals surface area (Å²) >= 11 is 0. The molecule has 17 heavy (non-hydrogen) atoms. The summed E-state index contributed by atoms with van der Waals surface area (Å²) in [5.41, 5.74) is 1.25. The SMILES string of the molecule is Cc1ncc(C(=O)NCC2CCCO2)c(C)n1. The van der Waals surface area contributed by atoms with Crippen LogP contribution in [0.3, 0.4) is 0 Å². The van der Waals surface area contributed by atoms with E-state index in [1.54, 1.807) is 13.1 Å². The van der Waals surface area contributed by atoms with Gasteiger partial charge in [0.05, 0.1) is 17.4 Å². The van der Waals surface area contributed by atoms with Gasteiger partial charge in [0, 0.05) is 19.3 Å². The Balaban J connectivity index is 1.94. The van der Waals surface area contributed by atoms with E-state index < -0.39 is 0 Å². The van der Waals surface area contributed by atoms with Gasteiger partial charge in [-0.2, -0.15) is 0 Å². The average molecular weight is 235 g/mol. The second-order valence-electron chi connectivity index (χ2n) is 4.26. The number of carbonyl (C=O) groups excluding carboxylic acids is 1. The van der Waals surface area contributed by atoms with Gasteiger partial charge in [-0.05, 0) is 26.7 Å². The van der Waals surface area contributed by atoms with Crippen LogP contribution in [0.4, 0.5) is 0 Å². The van der Waals surface area contributed by atoms with Gasteiger partial charge in [-0.3, -0.25) is 4.79 Å². The van der Waals surface area contributed by atoms with E-state index in [0.717, 1.165) is 19.4 Å². The summed E-state index contributed by atoms with van der Waals surface area (Å²) < 4.78 is 5.44. The third kappa shape index (κ3) is 3.00. The molecular weight excluding hydrogens is 218 g/mol. The van der Waals surface area contributed by atoms with Gasteiger partial charge < -0.3 is 10.1 Å². The zero-order valence-electron chi connectivity index (χ0n) is 10.2. The van der Waals surface area contributed by atoms with Gasteiger partial charge in [-0.15, -0.1) is 0 Å². The van der Waals surface area contributed by atoms with E-state index >= 15 is 0 Å². The quantitative estimate of drug-likeness (QED) is 0.849. The molecule has 1 aromatic heterocycles. The maximum Gasteiger partial charge on any atom is 0.254 e. The average Bonchev–Trinajstić information content (AvgIpc) is 2.78. The van der Waals surface area contributed by atoms with Crippen molar-refractivity contribution in [2.24, 2.45) is 0 Å². The Morgan fingerprint density at radius 3 is 3.06 bits per heavy atom. The summed E-state index contributed by atoms with van der Waals surface area (Å²) in [5.74, 6) is 0.552. The van der Waals surface area contributed by atoms with E-state index in [-0.39, 0.29) is 12.0 Å². The molecule has 1 aliphatic heterocycles. The molecule has 2 heterocycles. The van der Waals surface area contributed by atoms with Crippen molar-refractivity contribution in [1.29, 1.82) is 0 Å². The van der Waals surface area contributed by atoms with Gasteiger partial charge in [-0.1, -0.05) is 0 Å². The highest BCUT2D eigenvalue weighted by atomic mass is 16.5. The van der Waals surface area contributed by atoms with Gasteiger partial charge in [-0.25, -0.2) is 9.97 Å². The Labute approximate surface area is 101 Å². The maximum atomic E-state index is 11.9. The second-order valence-corrected chi connectivity index (χ2v) is 4.26. The molecule has 0 bridgehead atoms. The third-order valence-electron chi connectivity index (χ3n) is 2.86. The van der Waals surface area contributed by atoms with Crippen molar-refractivity contribution in [1.82, 2.24) is 15.3 Å². The van der Waals surface area contributed by atoms with Crippen molar-refractivity contribution in [3.63, 3.8) is 0 Å². The number of aryl methyl sites for hydroxylation is 2. The number of rotatable bonds is 3. The van der Waals surface area contributed by atoms with Gasteiger partial charge in [0.2, 0.25) is 0 Å². The minimum absolute atomic E-state index is 0.127. The molecule has 1 N–H and O–H groups in total. The Bertz CT molecular complexity index is 414. The van der Waals surface area contributed by atoms with E-state index in [9.17, 15) is 4.79 Å². The fourth-order valence-corrected chi connectivity index (χ4v) is 1.91. The van der Waals surface area contributed by atoms with Gasteiger partial charge in [0.25, 0.3) is 5.91 Å². The lowest BCUT2D eigenvalue weighted by Gasteiger charge is -2.11. The van der Waals surface area contributed by atoms with Crippen LogP contribution >= 0.6 is 0 Å². The van der Waals surface area contributed by atoms with Crippen LogP contribution in [0.25, 0.3) is 0 Å². The highest BCUT2D eigenvalue weighted by Crippen LogP contribution is 2.11. The first kappa shape index (κ1) is 12.0. The third-order valence-corrected chi connectivity index (χ3v) is 2.86. The molecule has 0 aromatic carbocycles. The Morgan fingerprint density at radius 1 is 1.59 bits per heavy atom. The molecule has 1 amide bonds. The first-order chi connectivity index (χ1) is 8.16. The topological polar surface area (TPSA) is 64.1 Å². The predicted octanol–water partition coefficient (Wildman–Crippen LogP) is 1.00. The van der Waals surface area contributed by atoms with Gasteiger partial charge in [0.15, 0.2) is 0 Å². The number of carbonyl (C=O) groups is 1. The predicted molar refractivity (Wildman–Crippen MR) is 62.8 cm³/mol. The number of nitrogens with one attached hydrogen (secondary N) is 1. The number of hydrogen-bond acceptors (Lipinski definition) is 4. The van der Waals surface area contributed by atoms with Crippen molar-refractivity contribution in [2.45, 2.75) is 32.8 Å². The molecule has 0 aliphatic carbocycles. The molecule has 5 nitrogen and oxygen atoms in total. The zero-order valence-corrected chi connectivity index (χ0v) is 10.2. The van der Waals surface area contributed by atoms with Crippen LogP contribution in [0.5, 0.6) is 0 Å². The van der Waals surface area contributed by atoms with Crippen LogP contribution in [-0.4, -0.2) is 35.1 Å². The minimum atomic E-state index is -0.127. The van der Waals surface area contributed by atoms with Crippen molar-refractivity contribution >= 4 is 5.91 Å². The lowest BCUT2D eigenvalue weighted by molar-refractivity contribution is 0.0856. The monoisotopic (exact) mass is 235 g/mol. The van der Waals surface area contributed by atoms with Crippen LogP contribution in [0.2, 0.25) is 0 Å². The normalized spacial score (nSPS) is 19.3. The first-order valence-electron chi connectivity index (χ1n) is 5.87. The fourth-order valence-electron chi connectivity index (χ4n) is 1.91. The second kappa shape index (κ2) is 5.23. The highest BCUT2D eigenvalue weighted by molar-refractivity contribution is 5.94. The van der Waals surface area contributed by atoms with Crippen LogP contribution in [0.15, 0.2) is 6.20 Å². The Morgan fingerprint density at radius 2 is 2.41 bits per heavy atom. The number of amides is 1. The van der Waals surface area contributed by atoms with E-state index in [0.29, 0.717) is 23.6 Å². The molecule has 0 spiro atoms. The molecule has 1 atom stereocenters. The summed E-state index contributed by atoms with van der Waals surface area (Å²) in [6.07, 6.45) is 3.82. The van der Waals surface area contributed by atoms with Crippen molar-refractivity contribution < 1.29 is 9.53 Å². The van der Waals surface area contributed by atoms with Crippen molar-refractivity contribution in [2.75, 3.05) is 13.2 Å². The fraction of sp³-hybridized carbons (Fsp3) is 0.583. The summed E-state index contributed by atoms with van der Waals surface area (Å²) in [7, 11) is 0. The molecule has 0 radical (unpaired) electrons. The van der Waals surface area contributed by atoms with Crippen molar-refractivity contribution in [3.05, 3.63) is 23.3 Å². The summed E-state index contributed by atoms with van der Waals surface area (Å²) in [6.45, 7) is 4.98. The number of aromatic nitrogens is 2. The molecule has 2 rings (SSSR count). The highest BCUT2D eigenvalue weighted by Gasteiger charge is 2.17. The van der Waals surface area contributed by atoms with E-state index in [1.807, 2.05) is 6.92 Å². The van der Waals surface area contributed by atoms with Crippen LogP contribution in [0, 0.1) is 13.8 Å². The van der Waals surface area contributed by atoms with Gasteiger partial charge >= 0.3 is 0 Å². The molecule has 0 saturated carbocycles. The smallest absolute Gasteiger partial charge is 0.254 e. The van der Waals surface area contributed by atoms with Crippen LogP contribution in [-0.2, 0) is 4.74 Å². The summed E-state index contributed by atoms with van der Waals surface area (Å²) in [6, 6.07) is 0. The number of nitrogens with zero attached hydrogens (tertiary/aromatic N) is 2. The van der Waals surface area contributed by atoms with E-state index in [1.165, 1.54) is 0 Å². The molecule has 1 aliphatic rings. The standard InChI is InChI=1S/C12H17N3O2/c1-8-11(7-13-9(2)15-8)12(16)14-6-10-4-3-5-17-10/h7,10H,3-6H2,1-2H3,(H,14,16). The molecular formula is C12H17N3O2. The molecule has 1 unspecified atom stereocenters. The van der Waals surface area contributed by atoms with Crippen LogP contribution in [0.1, 0.15) is 34.7 Å². The largest absolute Gasteiger partial charge is 0.376 e. The Hall–Kier alpha value is -1.49. The van der Waals surface area contributed by atoms with Crippen LogP contribution < -0.4 is 5.32 Å². The molecule has 1 saturated heterocycles. The maximum absolute atomic E-state index is 11.9. The zero-order chi connectivity index (χ0) is 12.3. The number of ether oxygens (including phenoxy) is 1. The summed E-state index contributed by atoms with van der Waals surface area (Å²) in [5, 5.41) is 2.86. The molecule has 5 heteroatoms. The van der Waals surface area contributed by atoms with E-state index in [2.05, 4.69) is 15.3 Å². The lowest BCUT2D eigenvalue weighted by Crippen LogP contribution is -2.32. The van der Waals surface area contributed by atoms with E-state index in [4.69, 9.17) is 4.74 Å². The Kier molecular flexibility index (Phi) is 3.68. The van der Waals surface area contributed by atoms with Crippen molar-refractivity contribution in [3.8, 4) is 0 Å². The number of hydrogen-bond donors (Lipinski definition) is 1. The molecule has 1 fully saturated rings. The van der Waals surface area contributed by atoms with Gasteiger partial charge in [0.1, 0.15) is 5.82 Å². The minimum Gasteiger partial charge on any atom is -0.376 e. The molecule has 92 valence electrons. The first-order valence-corrected chi connectivity index (χ1v) is 5.87. The summed E-state index contributed by atoms with van der Waals surface area (Å²) in [4.78, 5) is 20.1. The lowest BCUT2D eigenvalue weighted by atomic mass is 10.2. The molecule has 1 aromatic rings.